The van der Waals surface area contributed by atoms with Gasteiger partial charge in [-0.1, -0.05) is 12.1 Å². The van der Waals surface area contributed by atoms with Crippen LogP contribution in [0.4, 0.5) is 10.2 Å². The minimum atomic E-state index is -2.91. The maximum absolute atomic E-state index is 13.7. The molecule has 0 radical (unpaired) electrons. The summed E-state index contributed by atoms with van der Waals surface area (Å²) >= 11 is 0. The number of pyridine rings is 2. The number of anilines is 1. The van der Waals surface area contributed by atoms with Gasteiger partial charge in [-0.25, -0.2) is 18.4 Å². The Morgan fingerprint density at radius 2 is 1.76 bits per heavy atom. The Balaban J connectivity index is 1.54. The van der Waals surface area contributed by atoms with Crippen LogP contribution in [0.2, 0.25) is 0 Å². The fraction of sp³-hybridized carbons (Fsp3) is 0.360. The van der Waals surface area contributed by atoms with Crippen molar-refractivity contribution in [2.24, 2.45) is 0 Å². The molecule has 2 saturated heterocycles. The third-order valence-electron chi connectivity index (χ3n) is 6.81. The van der Waals surface area contributed by atoms with Crippen LogP contribution in [0, 0.1) is 5.95 Å². The summed E-state index contributed by atoms with van der Waals surface area (Å²) in [6.07, 6.45) is 6.67. The van der Waals surface area contributed by atoms with Gasteiger partial charge in [0.25, 0.3) is 0 Å². The molecule has 3 aromatic rings. The lowest BCUT2D eigenvalue weighted by Gasteiger charge is -2.27. The monoisotopic (exact) mass is 466 g/mol. The molecule has 8 heteroatoms. The van der Waals surface area contributed by atoms with Crippen molar-refractivity contribution in [2.75, 3.05) is 23.8 Å². The van der Waals surface area contributed by atoms with Crippen LogP contribution in [-0.4, -0.2) is 36.4 Å². The molecule has 2 aromatic heterocycles. The topological polar surface area (TPSA) is 98.0 Å². The summed E-state index contributed by atoms with van der Waals surface area (Å²) in [6, 6.07) is 11.7. The average Bonchev–Trinajstić information content (AvgIpc) is 3.34. The van der Waals surface area contributed by atoms with Crippen molar-refractivity contribution >= 4 is 15.7 Å². The third-order valence-corrected chi connectivity index (χ3v) is 8.52. The Morgan fingerprint density at radius 3 is 2.48 bits per heavy atom. The van der Waals surface area contributed by atoms with E-state index in [4.69, 9.17) is 5.73 Å². The fourth-order valence-corrected chi connectivity index (χ4v) is 6.50. The molecular weight excluding hydrogens is 439 g/mol. The van der Waals surface area contributed by atoms with Crippen LogP contribution in [0.15, 0.2) is 48.8 Å². The lowest BCUT2D eigenvalue weighted by molar-refractivity contribution is 0.542. The molecular formula is C25H27FN4O2S. The Hall–Kier alpha value is -2.84. The highest BCUT2D eigenvalue weighted by Gasteiger charge is 2.29. The molecule has 3 N–H and O–H groups in total. The number of aromatic nitrogens is 2. The second kappa shape index (κ2) is 8.83. The summed E-state index contributed by atoms with van der Waals surface area (Å²) in [5, 5.41) is 3.60. The van der Waals surface area contributed by atoms with E-state index in [1.165, 1.54) is 23.4 Å². The number of nitrogen functional groups attached to an aromatic ring is 1. The van der Waals surface area contributed by atoms with Gasteiger partial charge in [-0.2, -0.15) is 4.39 Å². The van der Waals surface area contributed by atoms with Gasteiger partial charge >= 0.3 is 0 Å². The molecule has 2 fully saturated rings. The molecule has 0 spiro atoms. The number of halogens is 1. The molecule has 0 saturated carbocycles. The zero-order valence-electron chi connectivity index (χ0n) is 18.3. The number of benzene rings is 1. The van der Waals surface area contributed by atoms with Gasteiger partial charge in [-0.05, 0) is 78.6 Å². The molecule has 1 atom stereocenters. The van der Waals surface area contributed by atoms with Crippen LogP contribution in [0.25, 0.3) is 22.3 Å². The van der Waals surface area contributed by atoms with Crippen LogP contribution in [0.5, 0.6) is 0 Å². The molecule has 172 valence electrons. The Bertz CT molecular complexity index is 1280. The van der Waals surface area contributed by atoms with Crippen LogP contribution < -0.4 is 11.1 Å². The van der Waals surface area contributed by atoms with Gasteiger partial charge in [0, 0.05) is 35.6 Å². The van der Waals surface area contributed by atoms with E-state index in [1.54, 1.807) is 12.3 Å². The summed E-state index contributed by atoms with van der Waals surface area (Å²) in [5.41, 5.74) is 11.8. The molecule has 33 heavy (non-hydrogen) atoms. The first-order valence-electron chi connectivity index (χ1n) is 11.3. The minimum absolute atomic E-state index is 0.250. The normalized spacial score (nSPS) is 20.7. The smallest absolute Gasteiger partial charge is 0.213 e. The standard InChI is InChI=1S/C25H27FN4O2S/c26-24-14-18(5-9-29-24)21-13-19(15-30-25(21)27)17-3-4-20(16-6-10-33(31,32)11-7-16)22(12-17)23-2-1-8-28-23/h3-5,9,12-16,23,28H,1-2,6-8,10-11H2,(H2,27,30)/t23-/m0/s1. The van der Waals surface area contributed by atoms with Crippen molar-refractivity contribution in [2.45, 2.75) is 37.6 Å². The van der Waals surface area contributed by atoms with E-state index in [0.717, 1.165) is 30.5 Å². The second-order valence-corrected chi connectivity index (χ2v) is 11.2. The minimum Gasteiger partial charge on any atom is -0.383 e. The number of hydrogen-bond donors (Lipinski definition) is 2. The number of nitrogens with zero attached hydrogens (tertiary/aromatic N) is 2. The molecule has 6 nitrogen and oxygen atoms in total. The lowest BCUT2D eigenvalue weighted by Crippen LogP contribution is -2.24. The highest BCUT2D eigenvalue weighted by atomic mass is 32.2. The van der Waals surface area contributed by atoms with E-state index < -0.39 is 15.8 Å². The first-order chi connectivity index (χ1) is 15.9. The maximum atomic E-state index is 13.7. The van der Waals surface area contributed by atoms with Gasteiger partial charge in [-0.15, -0.1) is 0 Å². The number of hydrogen-bond acceptors (Lipinski definition) is 6. The number of sulfone groups is 1. The van der Waals surface area contributed by atoms with Crippen molar-refractivity contribution < 1.29 is 12.8 Å². The summed E-state index contributed by atoms with van der Waals surface area (Å²) in [7, 11) is -2.91. The molecule has 2 aliphatic rings. The first kappa shape index (κ1) is 22.0. The number of nitrogens with two attached hydrogens (primary N) is 1. The molecule has 0 bridgehead atoms. The predicted octanol–water partition coefficient (Wildman–Crippen LogP) is 4.25. The van der Waals surface area contributed by atoms with Gasteiger partial charge in [0.1, 0.15) is 15.7 Å². The zero-order valence-corrected chi connectivity index (χ0v) is 19.1. The second-order valence-electron chi connectivity index (χ2n) is 8.94. The van der Waals surface area contributed by atoms with Crippen molar-refractivity contribution in [3.05, 3.63) is 65.9 Å². The van der Waals surface area contributed by atoms with Crippen LogP contribution in [0.3, 0.4) is 0 Å². The largest absolute Gasteiger partial charge is 0.383 e. The molecule has 2 aliphatic heterocycles. The maximum Gasteiger partial charge on any atom is 0.213 e. The first-order valence-corrected chi connectivity index (χ1v) is 13.2. The summed E-state index contributed by atoms with van der Waals surface area (Å²) in [4.78, 5) is 7.99. The van der Waals surface area contributed by atoms with E-state index in [-0.39, 0.29) is 23.5 Å². The van der Waals surface area contributed by atoms with Crippen molar-refractivity contribution in [1.82, 2.24) is 15.3 Å². The SMILES string of the molecule is Nc1ncc(-c2ccc(C3CCS(=O)(=O)CC3)c([C@@H]3CCCN3)c2)cc1-c1ccnc(F)c1. The molecule has 0 unspecified atom stereocenters. The highest BCUT2D eigenvalue weighted by molar-refractivity contribution is 7.91. The summed E-state index contributed by atoms with van der Waals surface area (Å²) in [5.74, 6) is 0.530. The van der Waals surface area contributed by atoms with Crippen LogP contribution in [-0.2, 0) is 9.84 Å². The van der Waals surface area contributed by atoms with E-state index >= 15 is 0 Å². The van der Waals surface area contributed by atoms with E-state index in [1.807, 2.05) is 6.07 Å². The fourth-order valence-electron chi connectivity index (χ4n) is 5.01. The average molecular weight is 467 g/mol. The summed E-state index contributed by atoms with van der Waals surface area (Å²) in [6.45, 7) is 0.981. The molecule has 5 rings (SSSR count). The molecule has 1 aromatic carbocycles. The quantitative estimate of drug-likeness (QED) is 0.558. The third kappa shape index (κ3) is 4.63. The molecule has 0 aliphatic carbocycles. The highest BCUT2D eigenvalue weighted by Crippen LogP contribution is 2.39. The van der Waals surface area contributed by atoms with Gasteiger partial charge in [0.05, 0.1) is 11.5 Å². The van der Waals surface area contributed by atoms with E-state index in [0.29, 0.717) is 29.8 Å². The Labute approximate surface area is 193 Å². The van der Waals surface area contributed by atoms with Crippen molar-refractivity contribution in [3.8, 4) is 22.3 Å². The van der Waals surface area contributed by atoms with Gasteiger partial charge < -0.3 is 11.1 Å². The zero-order chi connectivity index (χ0) is 23.0. The lowest BCUT2D eigenvalue weighted by atomic mass is 9.85. The van der Waals surface area contributed by atoms with Gasteiger partial charge in [0.15, 0.2) is 0 Å². The van der Waals surface area contributed by atoms with Gasteiger partial charge in [-0.3, -0.25) is 0 Å². The summed E-state index contributed by atoms with van der Waals surface area (Å²) < 4.78 is 37.6. The molecule has 4 heterocycles. The van der Waals surface area contributed by atoms with Crippen LogP contribution >= 0.6 is 0 Å². The van der Waals surface area contributed by atoms with E-state index in [2.05, 4.69) is 33.5 Å². The Kier molecular flexibility index (Phi) is 5.88. The van der Waals surface area contributed by atoms with Crippen molar-refractivity contribution in [3.63, 3.8) is 0 Å². The van der Waals surface area contributed by atoms with Crippen LogP contribution in [0.1, 0.15) is 48.8 Å². The van der Waals surface area contributed by atoms with Gasteiger partial charge in [0.2, 0.25) is 5.95 Å². The Morgan fingerprint density at radius 1 is 0.939 bits per heavy atom. The van der Waals surface area contributed by atoms with Crippen molar-refractivity contribution in [1.29, 1.82) is 0 Å². The molecule has 0 amide bonds. The number of rotatable bonds is 4. The predicted molar refractivity (Wildman–Crippen MR) is 128 cm³/mol. The van der Waals surface area contributed by atoms with E-state index in [9.17, 15) is 12.8 Å². The number of nitrogens with one attached hydrogen (secondary N) is 1.